The Kier molecular flexibility index (Phi) is 3.26. The zero-order valence-corrected chi connectivity index (χ0v) is 7.46. The Morgan fingerprint density at radius 2 is 2.50 bits per heavy atom. The highest BCUT2D eigenvalue weighted by Crippen LogP contribution is 2.15. The fraction of sp³-hybridized carbons (Fsp3) is 0.222. The topological polar surface area (TPSA) is 38.9 Å². The van der Waals surface area contributed by atoms with E-state index in [1.165, 1.54) is 0 Å². The van der Waals surface area contributed by atoms with Crippen molar-refractivity contribution in [2.45, 2.75) is 12.5 Å². The van der Waals surface area contributed by atoms with Crippen LogP contribution in [0.3, 0.4) is 0 Å². The van der Waals surface area contributed by atoms with Crippen molar-refractivity contribution in [3.05, 3.63) is 41.7 Å². The predicted octanol–water partition coefficient (Wildman–Crippen LogP) is 2.31. The maximum absolute atomic E-state index is 5.78. The molecule has 0 aromatic carbocycles. The quantitative estimate of drug-likeness (QED) is 0.729. The van der Waals surface area contributed by atoms with Crippen molar-refractivity contribution in [1.29, 1.82) is 0 Å². The molecule has 12 heavy (non-hydrogen) atoms. The first-order valence-corrected chi connectivity index (χ1v) is 4.09. The lowest BCUT2D eigenvalue weighted by Crippen LogP contribution is -2.10. The summed E-state index contributed by atoms with van der Waals surface area (Å²) < 4.78 is 0. The highest BCUT2D eigenvalue weighted by atomic mass is 35.5. The van der Waals surface area contributed by atoms with E-state index in [1.807, 2.05) is 0 Å². The van der Waals surface area contributed by atoms with Crippen molar-refractivity contribution >= 4 is 11.6 Å². The van der Waals surface area contributed by atoms with Crippen molar-refractivity contribution in [3.8, 4) is 0 Å². The van der Waals surface area contributed by atoms with Crippen LogP contribution in [0.1, 0.15) is 18.2 Å². The molecule has 0 radical (unpaired) electrons. The first kappa shape index (κ1) is 9.23. The van der Waals surface area contributed by atoms with Gasteiger partial charge in [-0.2, -0.15) is 0 Å². The molecule has 0 aliphatic rings. The van der Waals surface area contributed by atoms with Gasteiger partial charge in [-0.15, -0.1) is 6.58 Å². The van der Waals surface area contributed by atoms with Crippen LogP contribution in [0.4, 0.5) is 0 Å². The number of hydrogen-bond acceptors (Lipinski definition) is 2. The molecule has 0 amide bonds. The Hall–Kier alpha value is -0.860. The lowest BCUT2D eigenvalue weighted by Gasteiger charge is -2.07. The van der Waals surface area contributed by atoms with Gasteiger partial charge in [-0.3, -0.25) is 4.98 Å². The molecule has 0 aliphatic carbocycles. The molecule has 1 aromatic heterocycles. The summed E-state index contributed by atoms with van der Waals surface area (Å²) in [7, 11) is 0. The van der Waals surface area contributed by atoms with Crippen molar-refractivity contribution in [2.75, 3.05) is 0 Å². The van der Waals surface area contributed by atoms with Crippen LogP contribution in [-0.2, 0) is 0 Å². The minimum atomic E-state index is -0.0961. The number of aromatic nitrogens is 1. The summed E-state index contributed by atoms with van der Waals surface area (Å²) in [5.41, 5.74) is 6.59. The van der Waals surface area contributed by atoms with E-state index < -0.39 is 0 Å². The summed E-state index contributed by atoms with van der Waals surface area (Å²) in [6.07, 6.45) is 4.14. The van der Waals surface area contributed by atoms with E-state index in [1.54, 1.807) is 24.4 Å². The fourth-order valence-electron chi connectivity index (χ4n) is 0.924. The van der Waals surface area contributed by atoms with Gasteiger partial charge in [0.05, 0.1) is 11.7 Å². The molecule has 64 valence electrons. The number of nitrogens with zero attached hydrogens (tertiary/aromatic N) is 1. The Labute approximate surface area is 77.1 Å². The zero-order valence-electron chi connectivity index (χ0n) is 6.70. The molecule has 0 fully saturated rings. The van der Waals surface area contributed by atoms with Crippen LogP contribution >= 0.6 is 11.6 Å². The van der Waals surface area contributed by atoms with Gasteiger partial charge >= 0.3 is 0 Å². The highest BCUT2D eigenvalue weighted by molar-refractivity contribution is 6.30. The van der Waals surface area contributed by atoms with Crippen LogP contribution in [0.2, 0.25) is 5.02 Å². The van der Waals surface area contributed by atoms with Crippen LogP contribution in [0, 0.1) is 0 Å². The lowest BCUT2D eigenvalue weighted by molar-refractivity contribution is 0.714. The van der Waals surface area contributed by atoms with Gasteiger partial charge in [-0.25, -0.2) is 0 Å². The van der Waals surface area contributed by atoms with Crippen molar-refractivity contribution in [2.24, 2.45) is 5.73 Å². The summed E-state index contributed by atoms with van der Waals surface area (Å²) in [6, 6.07) is 3.41. The highest BCUT2D eigenvalue weighted by Gasteiger charge is 2.04. The van der Waals surface area contributed by atoms with E-state index in [4.69, 9.17) is 17.3 Å². The van der Waals surface area contributed by atoms with Crippen LogP contribution in [0.25, 0.3) is 0 Å². The van der Waals surface area contributed by atoms with Crippen molar-refractivity contribution in [3.63, 3.8) is 0 Å². The number of hydrogen-bond donors (Lipinski definition) is 1. The average molecular weight is 183 g/mol. The third-order valence-corrected chi connectivity index (χ3v) is 1.78. The van der Waals surface area contributed by atoms with Crippen molar-refractivity contribution in [1.82, 2.24) is 4.98 Å². The van der Waals surface area contributed by atoms with Gasteiger partial charge in [-0.05, 0) is 18.6 Å². The van der Waals surface area contributed by atoms with Gasteiger partial charge in [0.1, 0.15) is 0 Å². The van der Waals surface area contributed by atoms with E-state index >= 15 is 0 Å². The Morgan fingerprint density at radius 3 is 3.08 bits per heavy atom. The summed E-state index contributed by atoms with van der Waals surface area (Å²) in [5, 5.41) is 0.666. The molecule has 0 aliphatic heterocycles. The predicted molar refractivity (Wildman–Crippen MR) is 51.0 cm³/mol. The van der Waals surface area contributed by atoms with E-state index in [2.05, 4.69) is 11.6 Å². The van der Waals surface area contributed by atoms with E-state index in [0.717, 1.165) is 5.69 Å². The number of rotatable bonds is 3. The van der Waals surface area contributed by atoms with Gasteiger partial charge < -0.3 is 5.73 Å². The average Bonchev–Trinajstić information content (AvgIpc) is 2.05. The molecule has 2 nitrogen and oxygen atoms in total. The van der Waals surface area contributed by atoms with Crippen molar-refractivity contribution < 1.29 is 0 Å². The molecule has 1 atom stereocenters. The standard InChI is InChI=1S/C9H11ClN2/c1-2-3-8(11)9-6-7(10)4-5-12-9/h2,4-6,8H,1,3,11H2/t8-/m1/s1. The van der Waals surface area contributed by atoms with Crippen LogP contribution < -0.4 is 5.73 Å². The maximum atomic E-state index is 5.78. The van der Waals surface area contributed by atoms with Gasteiger partial charge in [0, 0.05) is 11.2 Å². The molecule has 3 heteroatoms. The molecule has 1 rings (SSSR count). The summed E-state index contributed by atoms with van der Waals surface area (Å²) >= 11 is 5.77. The largest absolute Gasteiger partial charge is 0.322 e. The van der Waals surface area contributed by atoms with Gasteiger partial charge in [0.2, 0.25) is 0 Å². The van der Waals surface area contributed by atoms with E-state index in [0.29, 0.717) is 11.4 Å². The first-order chi connectivity index (χ1) is 5.74. The minimum Gasteiger partial charge on any atom is -0.322 e. The van der Waals surface area contributed by atoms with Gasteiger partial charge in [-0.1, -0.05) is 17.7 Å². The second-order valence-electron chi connectivity index (χ2n) is 2.53. The fourth-order valence-corrected chi connectivity index (χ4v) is 1.09. The van der Waals surface area contributed by atoms with Crippen LogP contribution in [-0.4, -0.2) is 4.98 Å². The first-order valence-electron chi connectivity index (χ1n) is 3.72. The number of pyridine rings is 1. The monoisotopic (exact) mass is 182 g/mol. The summed E-state index contributed by atoms with van der Waals surface area (Å²) in [6.45, 7) is 3.61. The van der Waals surface area contributed by atoms with Gasteiger partial charge in [0.15, 0.2) is 0 Å². The summed E-state index contributed by atoms with van der Waals surface area (Å²) in [4.78, 5) is 4.10. The Bertz CT molecular complexity index is 273. The molecule has 0 saturated heterocycles. The van der Waals surface area contributed by atoms with E-state index in [-0.39, 0.29) is 6.04 Å². The Morgan fingerprint density at radius 1 is 1.75 bits per heavy atom. The SMILES string of the molecule is C=CC[C@@H](N)c1cc(Cl)ccn1. The van der Waals surface area contributed by atoms with Gasteiger partial charge in [0.25, 0.3) is 0 Å². The Balaban J connectivity index is 2.80. The number of nitrogens with two attached hydrogens (primary N) is 1. The second kappa shape index (κ2) is 4.24. The van der Waals surface area contributed by atoms with E-state index in [9.17, 15) is 0 Å². The molecular formula is C9H11ClN2. The molecule has 1 aromatic rings. The third-order valence-electron chi connectivity index (χ3n) is 1.54. The molecule has 0 unspecified atom stereocenters. The molecule has 1 heterocycles. The molecule has 0 saturated carbocycles. The zero-order chi connectivity index (χ0) is 8.97. The number of halogens is 1. The summed E-state index contributed by atoms with van der Waals surface area (Å²) in [5.74, 6) is 0. The minimum absolute atomic E-state index is 0.0961. The van der Waals surface area contributed by atoms with Crippen LogP contribution in [0.15, 0.2) is 31.0 Å². The lowest BCUT2D eigenvalue weighted by atomic mass is 10.1. The molecule has 0 spiro atoms. The normalized spacial score (nSPS) is 12.5. The molecule has 2 N–H and O–H groups in total. The maximum Gasteiger partial charge on any atom is 0.0588 e. The smallest absolute Gasteiger partial charge is 0.0588 e. The van der Waals surface area contributed by atoms with Crippen LogP contribution in [0.5, 0.6) is 0 Å². The molecule has 0 bridgehead atoms. The third kappa shape index (κ3) is 2.32. The molecular weight excluding hydrogens is 172 g/mol. The second-order valence-corrected chi connectivity index (χ2v) is 2.97.